The van der Waals surface area contributed by atoms with Crippen LogP contribution in [0.2, 0.25) is 5.02 Å². The fraction of sp³-hybridized carbons (Fsp3) is 0.500. The zero-order chi connectivity index (χ0) is 18.0. The predicted molar refractivity (Wildman–Crippen MR) is 96.5 cm³/mol. The van der Waals surface area contributed by atoms with Gasteiger partial charge in [0.25, 0.3) is 0 Å². The molecule has 1 aliphatic heterocycles. The van der Waals surface area contributed by atoms with Gasteiger partial charge in [-0.3, -0.25) is 4.68 Å². The highest BCUT2D eigenvalue weighted by Gasteiger charge is 2.28. The van der Waals surface area contributed by atoms with Gasteiger partial charge in [-0.2, -0.15) is 10.1 Å². The molecule has 0 aliphatic carbocycles. The van der Waals surface area contributed by atoms with Gasteiger partial charge in [0.15, 0.2) is 5.82 Å². The van der Waals surface area contributed by atoms with E-state index >= 15 is 0 Å². The second kappa shape index (κ2) is 7.14. The summed E-state index contributed by atoms with van der Waals surface area (Å²) in [5.74, 6) is 1.14. The monoisotopic (exact) mass is 385 g/mol. The Morgan fingerprint density at radius 1 is 1.40 bits per heavy atom. The number of nitrogens with zero attached hydrogens (tertiary/aromatic N) is 5. The van der Waals surface area contributed by atoms with E-state index in [0.717, 1.165) is 12.1 Å². The molecular weight excluding hydrogens is 366 g/mol. The summed E-state index contributed by atoms with van der Waals surface area (Å²) >= 11 is 6.15. The third-order valence-corrected chi connectivity index (χ3v) is 5.53. The first-order valence-corrected chi connectivity index (χ1v) is 10.0. The van der Waals surface area contributed by atoms with Crippen molar-refractivity contribution in [1.29, 1.82) is 0 Å². The molecule has 0 amide bonds. The molecular formula is C14H20ClN7O2S. The fourth-order valence-electron chi connectivity index (χ4n) is 2.67. The van der Waals surface area contributed by atoms with Gasteiger partial charge < -0.3 is 10.6 Å². The molecule has 2 aromatic heterocycles. The Balaban J connectivity index is 1.61. The summed E-state index contributed by atoms with van der Waals surface area (Å²) in [5, 5.41) is 10.7. The molecule has 1 unspecified atom stereocenters. The highest BCUT2D eigenvalue weighted by molar-refractivity contribution is 7.88. The molecule has 9 nitrogen and oxygen atoms in total. The van der Waals surface area contributed by atoms with Crippen molar-refractivity contribution >= 4 is 39.1 Å². The molecule has 0 radical (unpaired) electrons. The van der Waals surface area contributed by atoms with Crippen LogP contribution in [-0.2, 0) is 17.1 Å². The van der Waals surface area contributed by atoms with Gasteiger partial charge in [0, 0.05) is 32.9 Å². The van der Waals surface area contributed by atoms with E-state index in [1.807, 2.05) is 13.2 Å². The van der Waals surface area contributed by atoms with Crippen molar-refractivity contribution in [2.75, 3.05) is 36.5 Å². The maximum atomic E-state index is 11.6. The van der Waals surface area contributed by atoms with E-state index in [4.69, 9.17) is 11.6 Å². The average molecular weight is 386 g/mol. The minimum Gasteiger partial charge on any atom is -0.368 e. The van der Waals surface area contributed by atoms with Crippen LogP contribution in [0.15, 0.2) is 18.6 Å². The molecule has 1 saturated heterocycles. The lowest BCUT2D eigenvalue weighted by molar-refractivity contribution is 0.466. The van der Waals surface area contributed by atoms with Gasteiger partial charge >= 0.3 is 0 Å². The number of rotatable bonds is 6. The van der Waals surface area contributed by atoms with Crippen molar-refractivity contribution in [3.8, 4) is 0 Å². The molecule has 0 bridgehead atoms. The van der Waals surface area contributed by atoms with E-state index < -0.39 is 10.0 Å². The van der Waals surface area contributed by atoms with E-state index in [1.54, 1.807) is 10.9 Å². The highest BCUT2D eigenvalue weighted by atomic mass is 35.5. The van der Waals surface area contributed by atoms with Crippen LogP contribution in [0.5, 0.6) is 0 Å². The van der Waals surface area contributed by atoms with Crippen LogP contribution in [0.4, 0.5) is 17.5 Å². The molecule has 1 atom stereocenters. The summed E-state index contributed by atoms with van der Waals surface area (Å²) in [5.41, 5.74) is 0.773. The van der Waals surface area contributed by atoms with Crippen LogP contribution in [0, 0.1) is 5.92 Å². The number of sulfonamides is 1. The second-order valence-electron chi connectivity index (χ2n) is 6.07. The Kier molecular flexibility index (Phi) is 5.11. The summed E-state index contributed by atoms with van der Waals surface area (Å²) in [6, 6.07) is 0. The fourth-order valence-corrected chi connectivity index (χ4v) is 3.75. The van der Waals surface area contributed by atoms with Gasteiger partial charge in [-0.05, 0) is 12.3 Å². The van der Waals surface area contributed by atoms with Gasteiger partial charge in [-0.25, -0.2) is 17.7 Å². The van der Waals surface area contributed by atoms with Crippen molar-refractivity contribution in [2.45, 2.75) is 6.42 Å². The molecule has 1 aliphatic rings. The number of halogens is 1. The minimum absolute atomic E-state index is 0.218. The number of aromatic nitrogens is 4. The van der Waals surface area contributed by atoms with Crippen molar-refractivity contribution in [3.05, 3.63) is 23.6 Å². The van der Waals surface area contributed by atoms with Gasteiger partial charge in [0.05, 0.1) is 24.3 Å². The first-order valence-electron chi connectivity index (χ1n) is 7.78. The molecule has 11 heteroatoms. The van der Waals surface area contributed by atoms with E-state index in [9.17, 15) is 8.42 Å². The zero-order valence-corrected chi connectivity index (χ0v) is 15.5. The molecule has 0 spiro atoms. The standard InChI is InChI=1S/C14H20ClN7O2S/c1-21-9-11(6-18-21)19-14-17-7-12(15)13(20-14)16-5-10-3-4-22(8-10)25(2,23)24/h6-7,9-10H,3-5,8H2,1-2H3,(H2,16,17,19,20). The van der Waals surface area contributed by atoms with Crippen LogP contribution in [0.1, 0.15) is 6.42 Å². The maximum absolute atomic E-state index is 11.6. The SMILES string of the molecule is Cn1cc(Nc2ncc(Cl)c(NCC3CCN(S(C)(=O)=O)C3)n2)cn1. The predicted octanol–water partition coefficient (Wildman–Crippen LogP) is 1.30. The summed E-state index contributed by atoms with van der Waals surface area (Å²) in [6.07, 6.45) is 7.05. The molecule has 3 heterocycles. The van der Waals surface area contributed by atoms with Crippen LogP contribution in [-0.4, -0.2) is 58.4 Å². The van der Waals surface area contributed by atoms with Crippen molar-refractivity contribution in [1.82, 2.24) is 24.1 Å². The topological polar surface area (TPSA) is 105 Å². The average Bonchev–Trinajstić information content (AvgIpc) is 3.16. The molecule has 1 fully saturated rings. The van der Waals surface area contributed by atoms with Gasteiger partial charge in [0.2, 0.25) is 16.0 Å². The van der Waals surface area contributed by atoms with E-state index in [2.05, 4.69) is 25.7 Å². The van der Waals surface area contributed by atoms with Crippen LogP contribution in [0.25, 0.3) is 0 Å². The molecule has 3 rings (SSSR count). The molecule has 0 aromatic carbocycles. The lowest BCUT2D eigenvalue weighted by Gasteiger charge is -2.15. The number of nitrogens with one attached hydrogen (secondary N) is 2. The summed E-state index contributed by atoms with van der Waals surface area (Å²) in [4.78, 5) is 8.52. The number of hydrogen-bond acceptors (Lipinski definition) is 7. The van der Waals surface area contributed by atoms with Crippen LogP contribution in [0.3, 0.4) is 0 Å². The van der Waals surface area contributed by atoms with Gasteiger partial charge in [0.1, 0.15) is 5.02 Å². The molecule has 2 aromatic rings. The van der Waals surface area contributed by atoms with Crippen molar-refractivity contribution in [2.24, 2.45) is 13.0 Å². The van der Waals surface area contributed by atoms with E-state index in [1.165, 1.54) is 16.8 Å². The summed E-state index contributed by atoms with van der Waals surface area (Å²) in [7, 11) is -1.31. The minimum atomic E-state index is -3.13. The Morgan fingerprint density at radius 3 is 2.84 bits per heavy atom. The lowest BCUT2D eigenvalue weighted by atomic mass is 10.1. The molecule has 25 heavy (non-hydrogen) atoms. The van der Waals surface area contributed by atoms with E-state index in [0.29, 0.717) is 36.4 Å². The lowest BCUT2D eigenvalue weighted by Crippen LogP contribution is -2.28. The third kappa shape index (κ3) is 4.59. The number of anilines is 3. The Labute approximate surface area is 151 Å². The quantitative estimate of drug-likeness (QED) is 0.772. The summed E-state index contributed by atoms with van der Waals surface area (Å²) < 4.78 is 26.3. The number of hydrogen-bond donors (Lipinski definition) is 2. The summed E-state index contributed by atoms with van der Waals surface area (Å²) in [6.45, 7) is 1.65. The molecule has 136 valence electrons. The van der Waals surface area contributed by atoms with E-state index in [-0.39, 0.29) is 5.92 Å². The van der Waals surface area contributed by atoms with Crippen molar-refractivity contribution in [3.63, 3.8) is 0 Å². The highest BCUT2D eigenvalue weighted by Crippen LogP contribution is 2.23. The van der Waals surface area contributed by atoms with Gasteiger partial charge in [-0.1, -0.05) is 11.6 Å². The first-order chi connectivity index (χ1) is 11.8. The van der Waals surface area contributed by atoms with Crippen molar-refractivity contribution < 1.29 is 8.42 Å². The zero-order valence-electron chi connectivity index (χ0n) is 14.0. The largest absolute Gasteiger partial charge is 0.368 e. The second-order valence-corrected chi connectivity index (χ2v) is 8.46. The Bertz CT molecular complexity index is 855. The smallest absolute Gasteiger partial charge is 0.229 e. The molecule has 0 saturated carbocycles. The van der Waals surface area contributed by atoms with Gasteiger partial charge in [-0.15, -0.1) is 0 Å². The number of aryl methyl sites for hydroxylation is 1. The maximum Gasteiger partial charge on any atom is 0.229 e. The third-order valence-electron chi connectivity index (χ3n) is 3.98. The first kappa shape index (κ1) is 17.9. The Morgan fingerprint density at radius 2 is 2.20 bits per heavy atom. The Hall–Kier alpha value is -1.91. The normalized spacial score (nSPS) is 18.4. The molecule has 2 N–H and O–H groups in total. The van der Waals surface area contributed by atoms with Crippen LogP contribution < -0.4 is 10.6 Å². The van der Waals surface area contributed by atoms with Crippen LogP contribution >= 0.6 is 11.6 Å².